The third-order valence-electron chi connectivity index (χ3n) is 8.68. The molecule has 0 heterocycles. The van der Waals surface area contributed by atoms with Crippen LogP contribution in [0.1, 0.15) is 194 Å². The van der Waals surface area contributed by atoms with Crippen molar-refractivity contribution in [2.45, 2.75) is 194 Å². The summed E-state index contributed by atoms with van der Waals surface area (Å²) in [4.78, 5) is 0. The lowest BCUT2D eigenvalue weighted by Gasteiger charge is -2.23. The second-order valence-electron chi connectivity index (χ2n) is 16.3. The number of hydrogen-bond donors (Lipinski definition) is 0. The van der Waals surface area contributed by atoms with E-state index in [0.717, 1.165) is 8.97 Å². The predicted molar refractivity (Wildman–Crippen MR) is 215 cm³/mol. The highest BCUT2D eigenvalue weighted by molar-refractivity contribution is 7.79. The first kappa shape index (κ1) is 52.6. The number of nitrogens with zero attached hydrogens (tertiary/aromatic N) is 2. The van der Waals surface area contributed by atoms with Crippen molar-refractivity contribution in [2.75, 3.05) is 55.4 Å². The summed E-state index contributed by atoms with van der Waals surface area (Å²) in [6, 6.07) is 0. The Morgan fingerprint density at radius 2 is 0.551 bits per heavy atom. The molecule has 0 bridgehead atoms. The second kappa shape index (κ2) is 38.5. The molecule has 0 radical (unpaired) electrons. The Morgan fingerprint density at radius 1 is 0.367 bits per heavy atom. The Morgan fingerprint density at radius 3 is 0.755 bits per heavy atom. The van der Waals surface area contributed by atoms with E-state index in [9.17, 15) is 0 Å². The van der Waals surface area contributed by atoms with Gasteiger partial charge in [0.2, 0.25) is 0 Å². The number of quaternary nitrogens is 2. The Balaban J connectivity index is -0.000000757. The summed E-state index contributed by atoms with van der Waals surface area (Å²) in [6.07, 6.45) is 48.8. The molecule has 0 N–H and O–H groups in total. The monoisotopic (exact) mass is 717 g/mol. The normalized spacial score (nSPS) is 12.3. The molecule has 0 aromatic rings. The zero-order chi connectivity index (χ0) is 37.5. The molecule has 0 spiro atoms. The quantitative estimate of drug-likeness (QED) is 0.0228. The van der Waals surface area contributed by atoms with Crippen molar-refractivity contribution in [1.82, 2.24) is 0 Å². The van der Waals surface area contributed by atoms with Gasteiger partial charge in [-0.1, -0.05) is 141 Å². The van der Waals surface area contributed by atoms with Gasteiger partial charge in [0.05, 0.1) is 55.4 Å². The lowest BCUT2D eigenvalue weighted by atomic mass is 10.1. The van der Waals surface area contributed by atoms with Crippen LogP contribution in [0.15, 0.2) is 24.3 Å². The standard InChI is InChI=1S/2C21H44N.H2O4S/c2*1-5-6-7-8-9-10-11-12-13-14-15-16-17-18-19-20-21-22(2,3)4;1-5(2,3)4/h2*12-13H,5-11,14-21H2,1-4H3;(H2,1,2,3,4)/q2*+1;/p-2. The highest BCUT2D eigenvalue weighted by Gasteiger charge is 2.05. The van der Waals surface area contributed by atoms with Crippen LogP contribution in [-0.4, -0.2) is 81.9 Å². The molecule has 0 rings (SSSR count). The van der Waals surface area contributed by atoms with Crippen molar-refractivity contribution in [2.24, 2.45) is 0 Å². The van der Waals surface area contributed by atoms with Crippen LogP contribution >= 0.6 is 0 Å². The molecule has 7 heteroatoms. The van der Waals surface area contributed by atoms with Crippen molar-refractivity contribution in [1.29, 1.82) is 0 Å². The van der Waals surface area contributed by atoms with Gasteiger partial charge in [-0.25, -0.2) is 0 Å². The number of unbranched alkanes of at least 4 members (excludes halogenated alkanes) is 24. The minimum atomic E-state index is -5.17. The molecule has 0 amide bonds. The van der Waals surface area contributed by atoms with Crippen LogP contribution in [-0.2, 0) is 10.4 Å². The van der Waals surface area contributed by atoms with Crippen molar-refractivity contribution >= 4 is 10.4 Å². The minimum Gasteiger partial charge on any atom is -0.759 e. The molecule has 0 aliphatic heterocycles. The van der Waals surface area contributed by atoms with E-state index in [0.29, 0.717) is 0 Å². The molecule has 296 valence electrons. The van der Waals surface area contributed by atoms with E-state index in [2.05, 4.69) is 80.4 Å². The van der Waals surface area contributed by atoms with Crippen molar-refractivity contribution < 1.29 is 26.5 Å². The van der Waals surface area contributed by atoms with Gasteiger partial charge in [0.25, 0.3) is 0 Å². The maximum Gasteiger partial charge on any atom is 0.0780 e. The molecule has 0 unspecified atom stereocenters. The van der Waals surface area contributed by atoms with Crippen LogP contribution in [0.5, 0.6) is 0 Å². The van der Waals surface area contributed by atoms with Crippen LogP contribution in [0.3, 0.4) is 0 Å². The molecule has 0 aromatic carbocycles. The Hall–Kier alpha value is -0.730. The van der Waals surface area contributed by atoms with Crippen LogP contribution in [0.2, 0.25) is 0 Å². The average Bonchev–Trinajstić information content (AvgIpc) is 2.99. The summed E-state index contributed by atoms with van der Waals surface area (Å²) >= 11 is 0. The van der Waals surface area contributed by atoms with E-state index in [1.807, 2.05) is 0 Å². The first-order chi connectivity index (χ1) is 23.1. The zero-order valence-electron chi connectivity index (χ0n) is 34.5. The fourth-order valence-electron chi connectivity index (χ4n) is 5.67. The van der Waals surface area contributed by atoms with E-state index in [1.54, 1.807) is 0 Å². The maximum absolute atomic E-state index is 8.52. The fourth-order valence-corrected chi connectivity index (χ4v) is 5.67. The minimum absolute atomic E-state index is 1.11. The van der Waals surface area contributed by atoms with Crippen LogP contribution in [0.25, 0.3) is 0 Å². The highest BCUT2D eigenvalue weighted by Crippen LogP contribution is 2.12. The van der Waals surface area contributed by atoms with Crippen molar-refractivity contribution in [3.63, 3.8) is 0 Å². The van der Waals surface area contributed by atoms with Gasteiger partial charge in [-0.15, -0.1) is 0 Å². The van der Waals surface area contributed by atoms with Crippen molar-refractivity contribution in [3.05, 3.63) is 24.3 Å². The molecular weight excluding hydrogens is 629 g/mol. The van der Waals surface area contributed by atoms with E-state index >= 15 is 0 Å². The Kier molecular flexibility index (Phi) is 41.4. The lowest BCUT2D eigenvalue weighted by molar-refractivity contribution is -0.870. The summed E-state index contributed by atoms with van der Waals surface area (Å²) in [5, 5.41) is 0. The molecule has 6 nitrogen and oxygen atoms in total. The van der Waals surface area contributed by atoms with Gasteiger partial charge in [-0.2, -0.15) is 0 Å². The van der Waals surface area contributed by atoms with E-state index < -0.39 is 10.4 Å². The maximum atomic E-state index is 8.52. The first-order valence-corrected chi connectivity index (χ1v) is 22.0. The largest absolute Gasteiger partial charge is 0.759 e. The molecule has 0 saturated carbocycles. The fraction of sp³-hybridized carbons (Fsp3) is 0.905. The second-order valence-corrected chi connectivity index (χ2v) is 17.1. The van der Waals surface area contributed by atoms with Crippen molar-refractivity contribution in [3.8, 4) is 0 Å². The van der Waals surface area contributed by atoms with E-state index in [1.165, 1.54) is 193 Å². The molecule has 0 saturated heterocycles. The molecule has 49 heavy (non-hydrogen) atoms. The first-order valence-electron chi connectivity index (χ1n) is 20.7. The molecule has 0 aliphatic carbocycles. The summed E-state index contributed by atoms with van der Waals surface area (Å²) in [7, 11) is 8.57. The molecular formula is C42H88N2O4S. The lowest BCUT2D eigenvalue weighted by Crippen LogP contribution is -2.35. The third kappa shape index (κ3) is 69.7. The molecule has 0 atom stereocenters. The van der Waals surface area contributed by atoms with E-state index in [-0.39, 0.29) is 0 Å². The number of rotatable bonds is 32. The summed E-state index contributed by atoms with van der Waals surface area (Å²) in [5.74, 6) is 0. The Labute approximate surface area is 309 Å². The van der Waals surface area contributed by atoms with Crippen LogP contribution in [0, 0.1) is 0 Å². The van der Waals surface area contributed by atoms with Gasteiger partial charge >= 0.3 is 0 Å². The molecule has 0 aliphatic rings. The average molecular weight is 717 g/mol. The topological polar surface area (TPSA) is 80.3 Å². The van der Waals surface area contributed by atoms with Crippen LogP contribution in [0.4, 0.5) is 0 Å². The predicted octanol–water partition coefficient (Wildman–Crippen LogP) is 12.1. The smallest absolute Gasteiger partial charge is 0.0780 e. The Bertz CT molecular complexity index is 738. The number of allylic oxidation sites excluding steroid dienone is 4. The van der Waals surface area contributed by atoms with Gasteiger partial charge in [0.1, 0.15) is 0 Å². The van der Waals surface area contributed by atoms with Gasteiger partial charge in [-0.05, 0) is 77.0 Å². The van der Waals surface area contributed by atoms with Gasteiger partial charge in [-0.3, -0.25) is 8.42 Å². The third-order valence-corrected chi connectivity index (χ3v) is 8.68. The van der Waals surface area contributed by atoms with Gasteiger partial charge in [0, 0.05) is 10.4 Å². The summed E-state index contributed by atoms with van der Waals surface area (Å²) < 4.78 is 36.3. The van der Waals surface area contributed by atoms with Crippen LogP contribution < -0.4 is 0 Å². The SMILES string of the molecule is CCCCCCCCC=CCCCCCCCC[N+](C)(C)C.CCCCCCCCC=CCCCCCCCC[N+](C)(C)C.O=S(=O)([O-])[O-]. The highest BCUT2D eigenvalue weighted by atomic mass is 32.3. The summed E-state index contributed by atoms with van der Waals surface area (Å²) in [5.41, 5.74) is 0. The van der Waals surface area contributed by atoms with Gasteiger partial charge in [0.15, 0.2) is 0 Å². The number of hydrogen-bond acceptors (Lipinski definition) is 4. The van der Waals surface area contributed by atoms with Gasteiger partial charge < -0.3 is 18.1 Å². The molecule has 0 fully saturated rings. The molecule has 0 aromatic heterocycles. The summed E-state index contributed by atoms with van der Waals surface area (Å²) in [6.45, 7) is 7.21. The van der Waals surface area contributed by atoms with E-state index in [4.69, 9.17) is 17.5 Å². The zero-order valence-corrected chi connectivity index (χ0v) is 35.3.